The van der Waals surface area contributed by atoms with Crippen LogP contribution in [0.2, 0.25) is 0 Å². The molecule has 1 atom stereocenters. The number of methoxy groups -OCH3 is 1. The summed E-state index contributed by atoms with van der Waals surface area (Å²) in [7, 11) is 1.65. The van der Waals surface area contributed by atoms with E-state index in [0.717, 1.165) is 42.1 Å². The number of hydrogen-bond acceptors (Lipinski definition) is 5. The Morgan fingerprint density at radius 3 is 2.87 bits per heavy atom. The van der Waals surface area contributed by atoms with Gasteiger partial charge in [-0.2, -0.15) is 0 Å². The normalized spacial score (nSPS) is 21.5. The molecule has 1 spiro atoms. The number of imidazole rings is 1. The maximum absolute atomic E-state index is 12.9. The Balaban J connectivity index is 1.31. The minimum atomic E-state index is -0.368. The summed E-state index contributed by atoms with van der Waals surface area (Å²) < 4.78 is 7.31. The van der Waals surface area contributed by atoms with Crippen LogP contribution in [0.15, 0.2) is 29.4 Å². The molecule has 0 radical (unpaired) electrons. The van der Waals surface area contributed by atoms with Crippen molar-refractivity contribution in [3.05, 3.63) is 24.3 Å². The lowest BCUT2D eigenvalue weighted by molar-refractivity contribution is -0.136. The van der Waals surface area contributed by atoms with Crippen molar-refractivity contribution < 1.29 is 14.3 Å². The van der Waals surface area contributed by atoms with Gasteiger partial charge in [-0.05, 0) is 31.9 Å². The fourth-order valence-electron chi connectivity index (χ4n) is 4.63. The quantitative estimate of drug-likeness (QED) is 0.603. The molecule has 30 heavy (non-hydrogen) atoms. The molecule has 0 aliphatic carbocycles. The Morgan fingerprint density at radius 2 is 2.07 bits per heavy atom. The molecular weight excluding hydrogens is 400 g/mol. The summed E-state index contributed by atoms with van der Waals surface area (Å²) in [6.07, 6.45) is 2.09. The first-order chi connectivity index (χ1) is 14.6. The third-order valence-electron chi connectivity index (χ3n) is 6.36. The van der Waals surface area contributed by atoms with E-state index in [1.807, 2.05) is 28.0 Å². The van der Waals surface area contributed by atoms with Crippen LogP contribution in [-0.4, -0.2) is 76.8 Å². The van der Waals surface area contributed by atoms with Crippen molar-refractivity contribution in [1.82, 2.24) is 19.4 Å². The molecule has 1 aromatic carbocycles. The molecular formula is C22H30N4O3S. The summed E-state index contributed by atoms with van der Waals surface area (Å²) in [5, 5.41) is 0.962. The average Bonchev–Trinajstić information content (AvgIpc) is 3.43. The van der Waals surface area contributed by atoms with E-state index in [1.54, 1.807) is 18.9 Å². The summed E-state index contributed by atoms with van der Waals surface area (Å²) in [6.45, 7) is 6.18. The SMILES string of the molecule is CCn1c(SCCC(=O)N2CCC3(CCN(CCOC)C3=O)C2)nc2ccccc21. The van der Waals surface area contributed by atoms with Gasteiger partial charge >= 0.3 is 0 Å². The molecule has 2 fully saturated rings. The number of aryl methyl sites for hydroxylation is 1. The van der Waals surface area contributed by atoms with Crippen LogP contribution in [0.4, 0.5) is 0 Å². The smallest absolute Gasteiger partial charge is 0.230 e. The van der Waals surface area contributed by atoms with E-state index < -0.39 is 0 Å². The minimum absolute atomic E-state index is 0.140. The molecule has 2 saturated heterocycles. The number of amides is 2. The fourth-order valence-corrected chi connectivity index (χ4v) is 5.63. The molecule has 2 amide bonds. The second kappa shape index (κ2) is 8.98. The van der Waals surface area contributed by atoms with Crippen LogP contribution in [0.25, 0.3) is 11.0 Å². The van der Waals surface area contributed by atoms with Gasteiger partial charge in [-0.1, -0.05) is 23.9 Å². The largest absolute Gasteiger partial charge is 0.383 e. The monoisotopic (exact) mass is 430 g/mol. The predicted octanol–water partition coefficient (Wildman–Crippen LogP) is 2.64. The lowest BCUT2D eigenvalue weighted by atomic mass is 9.85. The van der Waals surface area contributed by atoms with Crippen LogP contribution >= 0.6 is 11.8 Å². The number of nitrogens with zero attached hydrogens (tertiary/aromatic N) is 4. The number of ether oxygens (including phenoxy) is 1. The number of para-hydroxylation sites is 2. The van der Waals surface area contributed by atoms with Crippen molar-refractivity contribution in [3.8, 4) is 0 Å². The Kier molecular flexibility index (Phi) is 6.34. The van der Waals surface area contributed by atoms with Crippen LogP contribution in [0.1, 0.15) is 26.2 Å². The van der Waals surface area contributed by atoms with Gasteiger partial charge in [0, 0.05) is 52.0 Å². The Morgan fingerprint density at radius 1 is 1.27 bits per heavy atom. The summed E-state index contributed by atoms with van der Waals surface area (Å²) >= 11 is 1.63. The molecule has 0 bridgehead atoms. The number of benzene rings is 1. The molecule has 162 valence electrons. The molecule has 2 aromatic rings. The van der Waals surface area contributed by atoms with Gasteiger partial charge in [-0.3, -0.25) is 9.59 Å². The van der Waals surface area contributed by atoms with Gasteiger partial charge in [-0.15, -0.1) is 0 Å². The first-order valence-corrected chi connectivity index (χ1v) is 11.7. The first-order valence-electron chi connectivity index (χ1n) is 10.7. The van der Waals surface area contributed by atoms with Crippen LogP contribution in [-0.2, 0) is 20.9 Å². The second-order valence-electron chi connectivity index (χ2n) is 8.11. The number of carbonyl (C=O) groups is 2. The third kappa shape index (κ3) is 3.95. The zero-order chi connectivity index (χ0) is 21.1. The molecule has 0 saturated carbocycles. The van der Waals surface area contributed by atoms with E-state index in [2.05, 4.69) is 17.6 Å². The van der Waals surface area contributed by atoms with Gasteiger partial charge in [0.15, 0.2) is 5.16 Å². The lowest BCUT2D eigenvalue weighted by Gasteiger charge is -2.23. The summed E-state index contributed by atoms with van der Waals surface area (Å²) in [4.78, 5) is 34.2. The molecule has 2 aliphatic heterocycles. The van der Waals surface area contributed by atoms with E-state index in [-0.39, 0.29) is 17.2 Å². The summed E-state index contributed by atoms with van der Waals surface area (Å²) in [5.74, 6) is 1.03. The molecule has 1 aromatic heterocycles. The molecule has 7 nitrogen and oxygen atoms in total. The molecule has 2 aliphatic rings. The number of aromatic nitrogens is 2. The first kappa shape index (κ1) is 21.2. The number of hydrogen-bond donors (Lipinski definition) is 0. The highest BCUT2D eigenvalue weighted by Crippen LogP contribution is 2.40. The van der Waals surface area contributed by atoms with Gasteiger partial charge in [0.05, 0.1) is 23.1 Å². The van der Waals surface area contributed by atoms with E-state index in [1.165, 1.54) is 0 Å². The molecule has 8 heteroatoms. The highest BCUT2D eigenvalue weighted by Gasteiger charge is 2.51. The van der Waals surface area contributed by atoms with Crippen LogP contribution in [0.3, 0.4) is 0 Å². The molecule has 1 unspecified atom stereocenters. The predicted molar refractivity (Wildman–Crippen MR) is 117 cm³/mol. The highest BCUT2D eigenvalue weighted by molar-refractivity contribution is 7.99. The zero-order valence-electron chi connectivity index (χ0n) is 17.8. The molecule has 3 heterocycles. The average molecular weight is 431 g/mol. The number of rotatable bonds is 8. The standard InChI is InChI=1S/C22H30N4O3S/c1-3-26-18-7-5-4-6-17(18)23-21(26)30-15-8-19(27)25-12-10-22(16-25)9-11-24(20(22)28)13-14-29-2/h4-7H,3,8-16H2,1-2H3. The maximum atomic E-state index is 12.9. The topological polar surface area (TPSA) is 67.7 Å². The molecule has 0 N–H and O–H groups in total. The van der Waals surface area contributed by atoms with Crippen molar-refractivity contribution >= 4 is 34.6 Å². The number of likely N-dealkylation sites (tertiary alicyclic amines) is 2. The van der Waals surface area contributed by atoms with E-state index in [0.29, 0.717) is 38.4 Å². The van der Waals surface area contributed by atoms with Crippen molar-refractivity contribution in [1.29, 1.82) is 0 Å². The van der Waals surface area contributed by atoms with Gasteiger partial charge in [0.25, 0.3) is 0 Å². The third-order valence-corrected chi connectivity index (χ3v) is 7.33. The molecule has 4 rings (SSSR count). The number of fused-ring (bicyclic) bond motifs is 1. The van der Waals surface area contributed by atoms with E-state index in [9.17, 15) is 9.59 Å². The Labute approximate surface area is 181 Å². The lowest BCUT2D eigenvalue weighted by Crippen LogP contribution is -2.39. The van der Waals surface area contributed by atoms with Crippen LogP contribution in [0, 0.1) is 5.41 Å². The van der Waals surface area contributed by atoms with E-state index >= 15 is 0 Å². The maximum Gasteiger partial charge on any atom is 0.230 e. The van der Waals surface area contributed by atoms with Crippen molar-refractivity contribution in [2.45, 2.75) is 37.9 Å². The van der Waals surface area contributed by atoms with Gasteiger partial charge in [-0.25, -0.2) is 4.98 Å². The minimum Gasteiger partial charge on any atom is -0.383 e. The van der Waals surface area contributed by atoms with Gasteiger partial charge < -0.3 is 19.1 Å². The van der Waals surface area contributed by atoms with E-state index in [4.69, 9.17) is 9.72 Å². The summed E-state index contributed by atoms with van der Waals surface area (Å²) in [5.41, 5.74) is 1.76. The fraction of sp³-hybridized carbons (Fsp3) is 0.591. The Hall–Kier alpha value is -2.06. The van der Waals surface area contributed by atoms with Gasteiger partial charge in [0.1, 0.15) is 0 Å². The van der Waals surface area contributed by atoms with Crippen LogP contribution in [0.5, 0.6) is 0 Å². The summed E-state index contributed by atoms with van der Waals surface area (Å²) in [6, 6.07) is 8.13. The van der Waals surface area contributed by atoms with Crippen molar-refractivity contribution in [2.24, 2.45) is 5.41 Å². The van der Waals surface area contributed by atoms with Crippen LogP contribution < -0.4 is 0 Å². The van der Waals surface area contributed by atoms with Gasteiger partial charge in [0.2, 0.25) is 11.8 Å². The second-order valence-corrected chi connectivity index (χ2v) is 9.17. The Bertz CT molecular complexity index is 930. The van der Waals surface area contributed by atoms with Crippen molar-refractivity contribution in [3.63, 3.8) is 0 Å². The zero-order valence-corrected chi connectivity index (χ0v) is 18.6. The van der Waals surface area contributed by atoms with Crippen molar-refractivity contribution in [2.75, 3.05) is 45.6 Å². The number of carbonyl (C=O) groups excluding carboxylic acids is 2. The highest BCUT2D eigenvalue weighted by atomic mass is 32.2. The number of thioether (sulfide) groups is 1.